The Labute approximate surface area is 194 Å². The Hall–Kier alpha value is -3.26. The first-order valence-electron chi connectivity index (χ1n) is 11.3. The molecule has 2 aliphatic rings. The summed E-state index contributed by atoms with van der Waals surface area (Å²) < 4.78 is 16.9. The lowest BCUT2D eigenvalue weighted by Gasteiger charge is -2.31. The third-order valence-electron chi connectivity index (χ3n) is 6.67. The number of allylic oxidation sites excluding steroid dienone is 5. The van der Waals surface area contributed by atoms with Crippen LogP contribution in [0.4, 0.5) is 4.39 Å². The first kappa shape index (κ1) is 22.9. The summed E-state index contributed by atoms with van der Waals surface area (Å²) in [5.41, 5.74) is 17.5. The van der Waals surface area contributed by atoms with Crippen LogP contribution in [0.3, 0.4) is 0 Å². The second kappa shape index (κ2) is 9.31. The highest BCUT2D eigenvalue weighted by Gasteiger charge is 2.29. The van der Waals surface area contributed by atoms with Crippen molar-refractivity contribution >= 4 is 29.3 Å². The van der Waals surface area contributed by atoms with Crippen molar-refractivity contribution in [1.82, 2.24) is 14.5 Å². The van der Waals surface area contributed by atoms with Gasteiger partial charge in [0, 0.05) is 37.8 Å². The van der Waals surface area contributed by atoms with E-state index < -0.39 is 12.1 Å². The van der Waals surface area contributed by atoms with E-state index in [0.717, 1.165) is 53.7 Å². The maximum Gasteiger partial charge on any atom is 0.225 e. The lowest BCUT2D eigenvalue weighted by molar-refractivity contribution is 0.304. The molecular weight excluding hydrogens is 417 g/mol. The van der Waals surface area contributed by atoms with E-state index in [2.05, 4.69) is 21.6 Å². The van der Waals surface area contributed by atoms with Crippen LogP contribution in [-0.2, 0) is 7.05 Å². The van der Waals surface area contributed by atoms with Gasteiger partial charge in [-0.15, -0.1) is 0 Å². The molecular formula is C25H32FN7. The molecule has 174 valence electrons. The average molecular weight is 450 g/mol. The molecule has 4 rings (SSSR count). The zero-order valence-electron chi connectivity index (χ0n) is 19.5. The number of likely N-dealkylation sites (tertiary alicyclic amines) is 1. The van der Waals surface area contributed by atoms with Gasteiger partial charge in [-0.1, -0.05) is 19.1 Å². The summed E-state index contributed by atoms with van der Waals surface area (Å²) in [6.45, 7) is 9.12. The number of imidazole rings is 1. The number of rotatable bonds is 3. The van der Waals surface area contributed by atoms with Gasteiger partial charge >= 0.3 is 0 Å². The van der Waals surface area contributed by atoms with Crippen molar-refractivity contribution in [3.63, 3.8) is 0 Å². The normalized spacial score (nSPS) is 23.3. The number of hydrogen-bond acceptors (Lipinski definition) is 4. The molecule has 33 heavy (non-hydrogen) atoms. The standard InChI is InChI=1S/C25H32FN7/c1-15(17-5-8-22-21(13-17)30-14-32(22)4)24(19-6-7-20(28)23(26)16(19)2)31-25(29-3)33-11-9-18(27)10-12-33/h5-8,13-14,16,18,23H,3,9-12,27-28H2,1-2,4H3/b24-15+,31-25?. The van der Waals surface area contributed by atoms with E-state index in [0.29, 0.717) is 11.7 Å². The molecule has 0 spiro atoms. The highest BCUT2D eigenvalue weighted by atomic mass is 19.1. The second-order valence-corrected chi connectivity index (χ2v) is 8.91. The summed E-state index contributed by atoms with van der Waals surface area (Å²) >= 11 is 0. The van der Waals surface area contributed by atoms with Gasteiger partial charge in [0.15, 0.2) is 0 Å². The zero-order valence-corrected chi connectivity index (χ0v) is 19.5. The van der Waals surface area contributed by atoms with Gasteiger partial charge in [-0.25, -0.2) is 19.4 Å². The monoisotopic (exact) mass is 449 g/mol. The van der Waals surface area contributed by atoms with E-state index in [9.17, 15) is 4.39 Å². The largest absolute Gasteiger partial charge is 0.400 e. The van der Waals surface area contributed by atoms with Gasteiger partial charge in [0.2, 0.25) is 5.96 Å². The Kier molecular flexibility index (Phi) is 6.47. The predicted molar refractivity (Wildman–Crippen MR) is 133 cm³/mol. The van der Waals surface area contributed by atoms with Crippen molar-refractivity contribution in [1.29, 1.82) is 0 Å². The zero-order chi connectivity index (χ0) is 23.7. The number of hydrogen-bond donors (Lipinski definition) is 2. The number of guanidine groups is 1. The van der Waals surface area contributed by atoms with Crippen LogP contribution in [0.2, 0.25) is 0 Å². The molecule has 2 atom stereocenters. The smallest absolute Gasteiger partial charge is 0.225 e. The van der Waals surface area contributed by atoms with Crippen molar-refractivity contribution in [3.8, 4) is 0 Å². The third kappa shape index (κ3) is 4.48. The van der Waals surface area contributed by atoms with E-state index in [1.54, 1.807) is 12.4 Å². The molecule has 4 N–H and O–H groups in total. The minimum Gasteiger partial charge on any atom is -0.400 e. The summed E-state index contributed by atoms with van der Waals surface area (Å²) in [6, 6.07) is 6.30. The molecule has 1 aromatic carbocycles. The number of benzene rings is 1. The quantitative estimate of drug-likeness (QED) is 0.553. The minimum absolute atomic E-state index is 0.190. The number of aryl methyl sites for hydroxylation is 1. The second-order valence-electron chi connectivity index (χ2n) is 8.91. The van der Waals surface area contributed by atoms with Crippen molar-refractivity contribution < 1.29 is 4.39 Å². The number of alkyl halides is 1. The molecule has 1 aliphatic carbocycles. The van der Waals surface area contributed by atoms with Crippen LogP contribution in [0.1, 0.15) is 32.3 Å². The number of halogens is 1. The third-order valence-corrected chi connectivity index (χ3v) is 6.67. The summed E-state index contributed by atoms with van der Waals surface area (Å²) in [5.74, 6) is 0.0873. The maximum atomic E-state index is 14.9. The molecule has 2 heterocycles. The van der Waals surface area contributed by atoms with Gasteiger partial charge in [-0.2, -0.15) is 0 Å². The Morgan fingerprint density at radius 2 is 1.97 bits per heavy atom. The van der Waals surface area contributed by atoms with Crippen LogP contribution in [0.5, 0.6) is 0 Å². The number of nitrogens with zero attached hydrogens (tertiary/aromatic N) is 5. The number of aromatic nitrogens is 2. The molecule has 2 aromatic rings. The van der Waals surface area contributed by atoms with E-state index in [4.69, 9.17) is 16.5 Å². The molecule has 1 aliphatic heterocycles. The first-order chi connectivity index (χ1) is 15.8. The van der Waals surface area contributed by atoms with Gasteiger partial charge < -0.3 is 20.9 Å². The van der Waals surface area contributed by atoms with E-state index in [1.807, 2.05) is 49.7 Å². The van der Waals surface area contributed by atoms with Crippen LogP contribution >= 0.6 is 0 Å². The molecule has 0 bridgehead atoms. The van der Waals surface area contributed by atoms with Crippen molar-refractivity contribution in [2.24, 2.45) is 34.4 Å². The van der Waals surface area contributed by atoms with E-state index >= 15 is 0 Å². The number of nitrogens with two attached hydrogens (primary N) is 2. The fourth-order valence-corrected chi connectivity index (χ4v) is 4.45. The number of fused-ring (bicyclic) bond motifs is 1. The molecule has 2 unspecified atom stereocenters. The van der Waals surface area contributed by atoms with Crippen LogP contribution < -0.4 is 11.5 Å². The summed E-state index contributed by atoms with van der Waals surface area (Å²) in [6.07, 6.45) is 5.76. The highest BCUT2D eigenvalue weighted by Crippen LogP contribution is 2.36. The van der Waals surface area contributed by atoms with Crippen molar-refractivity contribution in [2.45, 2.75) is 38.9 Å². The molecule has 0 radical (unpaired) electrons. The maximum absolute atomic E-state index is 14.9. The Balaban J connectivity index is 1.85. The summed E-state index contributed by atoms with van der Waals surface area (Å²) in [4.78, 5) is 15.8. The molecule has 0 amide bonds. The lowest BCUT2D eigenvalue weighted by atomic mass is 9.85. The number of aliphatic imine (C=N–C) groups is 2. The van der Waals surface area contributed by atoms with Crippen molar-refractivity contribution in [3.05, 3.63) is 59.2 Å². The van der Waals surface area contributed by atoms with Gasteiger partial charge in [-0.3, -0.25) is 0 Å². The number of piperidine rings is 1. The Morgan fingerprint density at radius 1 is 1.24 bits per heavy atom. The highest BCUT2D eigenvalue weighted by molar-refractivity contribution is 5.88. The minimum atomic E-state index is -1.27. The van der Waals surface area contributed by atoms with Crippen LogP contribution in [-0.4, -0.2) is 52.4 Å². The molecule has 1 fully saturated rings. The summed E-state index contributed by atoms with van der Waals surface area (Å²) in [7, 11) is 1.96. The van der Waals surface area contributed by atoms with Gasteiger partial charge in [0.05, 0.1) is 23.1 Å². The molecule has 1 saturated heterocycles. The molecule has 8 heteroatoms. The first-order valence-corrected chi connectivity index (χ1v) is 11.3. The van der Waals surface area contributed by atoms with Crippen molar-refractivity contribution in [2.75, 3.05) is 13.1 Å². The van der Waals surface area contributed by atoms with Gasteiger partial charge in [0.25, 0.3) is 0 Å². The fraction of sp³-hybridized carbons (Fsp3) is 0.400. The molecule has 7 nitrogen and oxygen atoms in total. The van der Waals surface area contributed by atoms with Crippen LogP contribution in [0.25, 0.3) is 16.6 Å². The molecule has 0 saturated carbocycles. The SMILES string of the molecule is C=NC(=N/C(C1=CC=C(N)C(F)C1C)=C(\C)c1ccc2c(c1)ncn2C)N1CCC(N)CC1. The Morgan fingerprint density at radius 3 is 2.67 bits per heavy atom. The van der Waals surface area contributed by atoms with Crippen LogP contribution in [0, 0.1) is 5.92 Å². The van der Waals surface area contributed by atoms with Crippen LogP contribution in [0.15, 0.2) is 63.6 Å². The van der Waals surface area contributed by atoms with E-state index in [-0.39, 0.29) is 11.7 Å². The Bertz CT molecular complexity index is 1180. The molecule has 1 aromatic heterocycles. The van der Waals surface area contributed by atoms with Gasteiger partial charge in [-0.05, 0) is 61.4 Å². The van der Waals surface area contributed by atoms with Gasteiger partial charge in [0.1, 0.15) is 6.17 Å². The summed E-state index contributed by atoms with van der Waals surface area (Å²) in [5, 5.41) is 0. The predicted octanol–water partition coefficient (Wildman–Crippen LogP) is 3.54. The lowest BCUT2D eigenvalue weighted by Crippen LogP contribution is -2.42. The fourth-order valence-electron chi connectivity index (χ4n) is 4.45. The van der Waals surface area contributed by atoms with E-state index in [1.165, 1.54) is 0 Å². The average Bonchev–Trinajstić information content (AvgIpc) is 3.19. The topological polar surface area (TPSA) is 97.8 Å².